The highest BCUT2D eigenvalue weighted by molar-refractivity contribution is 4.99. The molecule has 5 heteroatoms. The van der Waals surface area contributed by atoms with Gasteiger partial charge in [0.15, 0.2) is 0 Å². The maximum absolute atomic E-state index is 10.6. The largest absolute Gasteiger partial charge is 0.386 e. The van der Waals surface area contributed by atoms with Crippen molar-refractivity contribution in [1.29, 1.82) is 0 Å². The molecule has 1 heterocycles. The minimum Gasteiger partial charge on any atom is -0.386 e. The standard InChI is InChI=1S/C16H34N2O3/c1-8-15(7,19)16(17,9-2)21-12-10-13(3,4)18(20)14(5,6)11-12/h12,19-20H,8-11,17H2,1-7H3. The van der Waals surface area contributed by atoms with E-state index in [0.29, 0.717) is 25.7 Å². The molecule has 0 saturated carbocycles. The highest BCUT2D eigenvalue weighted by Gasteiger charge is 2.50. The summed E-state index contributed by atoms with van der Waals surface area (Å²) in [5, 5.41) is 22.3. The van der Waals surface area contributed by atoms with Crippen molar-refractivity contribution in [3.63, 3.8) is 0 Å². The monoisotopic (exact) mass is 302 g/mol. The van der Waals surface area contributed by atoms with Crippen LogP contribution in [0, 0.1) is 0 Å². The van der Waals surface area contributed by atoms with Crippen LogP contribution in [0.25, 0.3) is 0 Å². The lowest BCUT2D eigenvalue weighted by Gasteiger charge is -2.53. The van der Waals surface area contributed by atoms with E-state index >= 15 is 0 Å². The highest BCUT2D eigenvalue weighted by Crippen LogP contribution is 2.40. The Balaban J connectivity index is 2.97. The van der Waals surface area contributed by atoms with Crippen LogP contribution in [0.4, 0.5) is 0 Å². The van der Waals surface area contributed by atoms with Gasteiger partial charge >= 0.3 is 0 Å². The van der Waals surface area contributed by atoms with Crippen molar-refractivity contribution in [3.8, 4) is 0 Å². The van der Waals surface area contributed by atoms with E-state index in [1.807, 2.05) is 41.5 Å². The van der Waals surface area contributed by atoms with E-state index in [2.05, 4.69) is 0 Å². The Labute approximate surface area is 129 Å². The van der Waals surface area contributed by atoms with Gasteiger partial charge in [0.25, 0.3) is 0 Å². The summed E-state index contributed by atoms with van der Waals surface area (Å²) in [5.41, 5.74) is 3.45. The topological polar surface area (TPSA) is 79.0 Å². The summed E-state index contributed by atoms with van der Waals surface area (Å²) in [7, 11) is 0. The summed E-state index contributed by atoms with van der Waals surface area (Å²) in [6, 6.07) is 0. The number of piperidine rings is 1. The summed E-state index contributed by atoms with van der Waals surface area (Å²) in [6.45, 7) is 13.5. The lowest BCUT2D eigenvalue weighted by molar-refractivity contribution is -0.284. The number of aliphatic hydroxyl groups is 1. The minimum atomic E-state index is -1.08. The lowest BCUT2D eigenvalue weighted by Crippen LogP contribution is -2.65. The average molecular weight is 302 g/mol. The zero-order valence-electron chi connectivity index (χ0n) is 14.7. The number of nitrogens with zero attached hydrogens (tertiary/aromatic N) is 1. The Morgan fingerprint density at radius 1 is 1.14 bits per heavy atom. The van der Waals surface area contributed by atoms with Gasteiger partial charge in [-0.1, -0.05) is 13.8 Å². The fraction of sp³-hybridized carbons (Fsp3) is 1.00. The first-order valence-corrected chi connectivity index (χ1v) is 7.99. The number of hydrogen-bond donors (Lipinski definition) is 3. The molecule has 0 aromatic carbocycles. The number of rotatable bonds is 5. The average Bonchev–Trinajstić information content (AvgIpc) is 2.34. The van der Waals surface area contributed by atoms with Crippen molar-refractivity contribution >= 4 is 0 Å². The van der Waals surface area contributed by atoms with Crippen LogP contribution < -0.4 is 5.73 Å². The SMILES string of the molecule is CCC(C)(O)C(N)(CC)OC1CC(C)(C)N(O)C(C)(C)C1. The molecule has 21 heavy (non-hydrogen) atoms. The smallest absolute Gasteiger partial charge is 0.145 e. The fourth-order valence-corrected chi connectivity index (χ4v) is 3.45. The van der Waals surface area contributed by atoms with Crippen LogP contribution in [0.1, 0.15) is 74.1 Å². The molecule has 1 rings (SSSR count). The third-order valence-corrected chi connectivity index (χ3v) is 5.10. The molecule has 5 nitrogen and oxygen atoms in total. The summed E-state index contributed by atoms with van der Waals surface area (Å²) in [6.07, 6.45) is 2.32. The van der Waals surface area contributed by atoms with Gasteiger partial charge in [0.2, 0.25) is 0 Å². The molecule has 2 unspecified atom stereocenters. The molecule has 1 fully saturated rings. The molecule has 0 bridgehead atoms. The van der Waals surface area contributed by atoms with Crippen LogP contribution in [-0.2, 0) is 4.74 Å². The van der Waals surface area contributed by atoms with E-state index in [1.165, 1.54) is 5.06 Å². The molecule has 0 aliphatic carbocycles. The summed E-state index contributed by atoms with van der Waals surface area (Å²) < 4.78 is 6.19. The highest BCUT2D eigenvalue weighted by atomic mass is 16.5. The first kappa shape index (κ1) is 18.8. The maximum atomic E-state index is 10.6. The van der Waals surface area contributed by atoms with E-state index in [9.17, 15) is 10.3 Å². The predicted molar refractivity (Wildman–Crippen MR) is 84.0 cm³/mol. The Morgan fingerprint density at radius 3 is 1.90 bits per heavy atom. The molecule has 4 N–H and O–H groups in total. The van der Waals surface area contributed by atoms with E-state index in [-0.39, 0.29) is 17.2 Å². The van der Waals surface area contributed by atoms with Crippen LogP contribution in [0.3, 0.4) is 0 Å². The van der Waals surface area contributed by atoms with Gasteiger partial charge in [-0.15, -0.1) is 0 Å². The van der Waals surface area contributed by atoms with Crippen molar-refractivity contribution in [3.05, 3.63) is 0 Å². The number of ether oxygens (including phenoxy) is 1. The Hall–Kier alpha value is -0.200. The number of nitrogens with two attached hydrogens (primary N) is 1. The van der Waals surface area contributed by atoms with Crippen molar-refractivity contribution in [1.82, 2.24) is 5.06 Å². The van der Waals surface area contributed by atoms with Crippen molar-refractivity contribution < 1.29 is 15.1 Å². The van der Waals surface area contributed by atoms with Gasteiger partial charge in [0, 0.05) is 11.1 Å². The van der Waals surface area contributed by atoms with Crippen LogP contribution in [0.5, 0.6) is 0 Å². The molecule has 2 atom stereocenters. The zero-order chi connectivity index (χ0) is 16.7. The van der Waals surface area contributed by atoms with Gasteiger partial charge in [-0.2, -0.15) is 5.06 Å². The number of hydroxylamine groups is 2. The maximum Gasteiger partial charge on any atom is 0.145 e. The van der Waals surface area contributed by atoms with Crippen LogP contribution in [-0.4, -0.2) is 43.9 Å². The van der Waals surface area contributed by atoms with Crippen molar-refractivity contribution in [2.24, 2.45) is 5.73 Å². The van der Waals surface area contributed by atoms with Crippen LogP contribution >= 0.6 is 0 Å². The molecule has 0 spiro atoms. The Kier molecular flexibility index (Phi) is 5.19. The fourth-order valence-electron chi connectivity index (χ4n) is 3.45. The van der Waals surface area contributed by atoms with E-state index in [4.69, 9.17) is 10.5 Å². The molecule has 126 valence electrons. The molecule has 1 saturated heterocycles. The molecule has 0 radical (unpaired) electrons. The molecule has 0 amide bonds. The Morgan fingerprint density at radius 2 is 1.57 bits per heavy atom. The van der Waals surface area contributed by atoms with Gasteiger partial charge in [-0.3, -0.25) is 0 Å². The van der Waals surface area contributed by atoms with Crippen LogP contribution in [0.15, 0.2) is 0 Å². The normalized spacial score (nSPS) is 28.9. The van der Waals surface area contributed by atoms with Gasteiger partial charge in [0.05, 0.1) is 6.10 Å². The summed E-state index contributed by atoms with van der Waals surface area (Å²) in [4.78, 5) is 0. The molecular weight excluding hydrogens is 268 g/mol. The van der Waals surface area contributed by atoms with E-state index in [1.54, 1.807) is 6.92 Å². The molecule has 1 aliphatic rings. The minimum absolute atomic E-state index is 0.0959. The van der Waals surface area contributed by atoms with Gasteiger partial charge in [-0.05, 0) is 60.3 Å². The van der Waals surface area contributed by atoms with Crippen LogP contribution in [0.2, 0.25) is 0 Å². The quantitative estimate of drug-likeness (QED) is 0.680. The first-order chi connectivity index (χ1) is 9.31. The second-order valence-corrected chi connectivity index (χ2v) is 7.96. The van der Waals surface area contributed by atoms with E-state index < -0.39 is 11.3 Å². The Bertz CT molecular complexity index is 351. The number of hydrogen-bond acceptors (Lipinski definition) is 5. The first-order valence-electron chi connectivity index (χ1n) is 7.99. The lowest BCUT2D eigenvalue weighted by atomic mass is 9.79. The van der Waals surface area contributed by atoms with Crippen molar-refractivity contribution in [2.75, 3.05) is 0 Å². The zero-order valence-corrected chi connectivity index (χ0v) is 14.7. The summed E-state index contributed by atoms with van der Waals surface area (Å²) in [5.74, 6) is 0. The molecule has 0 aromatic heterocycles. The van der Waals surface area contributed by atoms with Gasteiger partial charge in [0.1, 0.15) is 11.3 Å². The predicted octanol–water partition coefficient (Wildman–Crippen LogP) is 2.64. The summed E-state index contributed by atoms with van der Waals surface area (Å²) >= 11 is 0. The second kappa shape index (κ2) is 5.78. The molecule has 1 aliphatic heterocycles. The third kappa shape index (κ3) is 3.59. The van der Waals surface area contributed by atoms with E-state index in [0.717, 1.165) is 0 Å². The third-order valence-electron chi connectivity index (χ3n) is 5.10. The second-order valence-electron chi connectivity index (χ2n) is 7.96. The van der Waals surface area contributed by atoms with Gasteiger partial charge < -0.3 is 20.8 Å². The van der Waals surface area contributed by atoms with Gasteiger partial charge in [-0.25, -0.2) is 0 Å². The molecule has 0 aromatic rings. The molecular formula is C16H34N2O3. The van der Waals surface area contributed by atoms with Crippen molar-refractivity contribution in [2.45, 2.75) is 103 Å².